The normalized spacial score (nSPS) is 15.6. The van der Waals surface area contributed by atoms with Gasteiger partial charge in [-0.25, -0.2) is 5.01 Å². The van der Waals surface area contributed by atoms with Crippen LogP contribution < -0.4 is 5.01 Å². The topological polar surface area (TPSA) is 31.2 Å². The molecule has 0 amide bonds. The van der Waals surface area contributed by atoms with E-state index < -0.39 is 11.7 Å². The van der Waals surface area contributed by atoms with Crippen molar-refractivity contribution in [1.29, 1.82) is 0 Å². The van der Waals surface area contributed by atoms with Crippen LogP contribution in [0.5, 0.6) is 0 Å². The molecule has 8 heteroatoms. The molecule has 0 spiro atoms. The maximum Gasteiger partial charge on any atom is 0.416 e. The van der Waals surface area contributed by atoms with Crippen LogP contribution in [0.3, 0.4) is 0 Å². The van der Waals surface area contributed by atoms with Gasteiger partial charge in [-0.2, -0.15) is 13.2 Å². The molecule has 0 unspecified atom stereocenters. The van der Waals surface area contributed by atoms with E-state index in [1.807, 2.05) is 0 Å². The Hall–Kier alpha value is -1.31. The van der Waals surface area contributed by atoms with Crippen molar-refractivity contribution in [2.24, 2.45) is 10.4 Å². The standard InChI is InChI=1S/C10H10BrF3N4/c1-17-6-18(16-15-17)9-4-2-3-8(7(9)5-11)10(12,13)14/h2-4H,5-6H2,1H3. The minimum Gasteiger partial charge on any atom is -0.258 e. The highest BCUT2D eigenvalue weighted by molar-refractivity contribution is 9.08. The van der Waals surface area contributed by atoms with Gasteiger partial charge in [0.25, 0.3) is 0 Å². The van der Waals surface area contributed by atoms with E-state index in [4.69, 9.17) is 0 Å². The third-order valence-electron chi connectivity index (χ3n) is 2.51. The fraction of sp³-hybridized carbons (Fsp3) is 0.400. The highest BCUT2D eigenvalue weighted by Gasteiger charge is 2.35. The molecule has 0 aromatic heterocycles. The van der Waals surface area contributed by atoms with Crippen LogP contribution in [-0.2, 0) is 11.5 Å². The average molecular weight is 323 g/mol. The van der Waals surface area contributed by atoms with Crippen LogP contribution >= 0.6 is 15.9 Å². The quantitative estimate of drug-likeness (QED) is 0.779. The highest BCUT2D eigenvalue weighted by Crippen LogP contribution is 2.38. The molecular weight excluding hydrogens is 313 g/mol. The van der Waals surface area contributed by atoms with Gasteiger partial charge in [0, 0.05) is 17.9 Å². The van der Waals surface area contributed by atoms with E-state index in [0.717, 1.165) is 6.07 Å². The molecule has 0 saturated carbocycles. The van der Waals surface area contributed by atoms with Gasteiger partial charge in [-0.15, -0.1) is 0 Å². The van der Waals surface area contributed by atoms with E-state index in [2.05, 4.69) is 26.4 Å². The molecule has 1 aliphatic rings. The van der Waals surface area contributed by atoms with Crippen molar-refractivity contribution in [1.82, 2.24) is 5.01 Å². The summed E-state index contributed by atoms with van der Waals surface area (Å²) in [5, 5.41) is 10.6. The van der Waals surface area contributed by atoms with Crippen molar-refractivity contribution in [2.75, 3.05) is 18.7 Å². The first kappa shape index (κ1) is 13.1. The van der Waals surface area contributed by atoms with Crippen molar-refractivity contribution >= 4 is 21.6 Å². The van der Waals surface area contributed by atoms with E-state index in [9.17, 15) is 13.2 Å². The van der Waals surface area contributed by atoms with Crippen LogP contribution in [-0.4, -0.2) is 18.7 Å². The van der Waals surface area contributed by atoms with Gasteiger partial charge >= 0.3 is 6.18 Å². The number of hydrogen-bond donors (Lipinski definition) is 0. The molecule has 1 aliphatic heterocycles. The Morgan fingerprint density at radius 1 is 1.33 bits per heavy atom. The maximum absolute atomic E-state index is 12.9. The zero-order valence-corrected chi connectivity index (χ0v) is 11.0. The Morgan fingerprint density at radius 2 is 2.06 bits per heavy atom. The van der Waals surface area contributed by atoms with Crippen molar-refractivity contribution in [3.63, 3.8) is 0 Å². The molecule has 98 valence electrons. The number of anilines is 1. The van der Waals surface area contributed by atoms with Gasteiger partial charge in [-0.3, -0.25) is 5.01 Å². The van der Waals surface area contributed by atoms with Crippen LogP contribution in [0.4, 0.5) is 18.9 Å². The number of hydrogen-bond acceptors (Lipinski definition) is 4. The summed E-state index contributed by atoms with van der Waals surface area (Å²) in [7, 11) is 1.70. The van der Waals surface area contributed by atoms with Crippen LogP contribution in [0.15, 0.2) is 28.6 Å². The van der Waals surface area contributed by atoms with Gasteiger partial charge in [0.1, 0.15) is 6.67 Å². The first-order chi connectivity index (χ1) is 8.43. The summed E-state index contributed by atoms with van der Waals surface area (Å²) >= 11 is 3.10. The molecule has 1 aromatic carbocycles. The zero-order valence-electron chi connectivity index (χ0n) is 9.45. The summed E-state index contributed by atoms with van der Waals surface area (Å²) in [6, 6.07) is 4.04. The summed E-state index contributed by atoms with van der Waals surface area (Å²) in [4.78, 5) is 0. The summed E-state index contributed by atoms with van der Waals surface area (Å²) in [5.41, 5.74) is -0.0734. The Labute approximate surface area is 110 Å². The largest absolute Gasteiger partial charge is 0.416 e. The minimum absolute atomic E-state index is 0.105. The second-order valence-corrected chi connectivity index (χ2v) is 4.37. The molecule has 18 heavy (non-hydrogen) atoms. The number of alkyl halides is 4. The fourth-order valence-electron chi connectivity index (χ4n) is 1.71. The molecule has 4 nitrogen and oxygen atoms in total. The van der Waals surface area contributed by atoms with E-state index in [1.54, 1.807) is 13.1 Å². The first-order valence-corrected chi connectivity index (χ1v) is 6.21. The number of halogens is 4. The van der Waals surface area contributed by atoms with Gasteiger partial charge in [-0.1, -0.05) is 27.2 Å². The fourth-order valence-corrected chi connectivity index (χ4v) is 2.30. The Balaban J connectivity index is 2.46. The van der Waals surface area contributed by atoms with Crippen molar-refractivity contribution < 1.29 is 13.2 Å². The van der Waals surface area contributed by atoms with Crippen LogP contribution in [0.2, 0.25) is 0 Å². The van der Waals surface area contributed by atoms with Gasteiger partial charge < -0.3 is 0 Å². The van der Waals surface area contributed by atoms with Crippen molar-refractivity contribution in [3.05, 3.63) is 29.3 Å². The zero-order chi connectivity index (χ0) is 13.3. The predicted octanol–water partition coefficient (Wildman–Crippen LogP) is 3.59. The van der Waals surface area contributed by atoms with E-state index >= 15 is 0 Å². The Kier molecular flexibility index (Phi) is 3.47. The Morgan fingerprint density at radius 3 is 2.56 bits per heavy atom. The number of benzene rings is 1. The molecule has 0 aliphatic carbocycles. The number of rotatable bonds is 2. The molecule has 0 bridgehead atoms. The molecule has 0 saturated heterocycles. The lowest BCUT2D eigenvalue weighted by Crippen LogP contribution is -2.23. The van der Waals surface area contributed by atoms with Crippen LogP contribution in [0.1, 0.15) is 11.1 Å². The molecule has 0 N–H and O–H groups in total. The van der Waals surface area contributed by atoms with Gasteiger partial charge in [0.2, 0.25) is 0 Å². The lowest BCUT2D eigenvalue weighted by molar-refractivity contribution is -0.138. The molecule has 1 heterocycles. The molecule has 1 aromatic rings. The molecule has 0 radical (unpaired) electrons. The smallest absolute Gasteiger partial charge is 0.258 e. The summed E-state index contributed by atoms with van der Waals surface area (Å²) in [6.45, 7) is 0.335. The maximum atomic E-state index is 12.9. The van der Waals surface area contributed by atoms with E-state index in [1.165, 1.54) is 16.1 Å². The molecular formula is C10H10BrF3N4. The van der Waals surface area contributed by atoms with Crippen LogP contribution in [0, 0.1) is 0 Å². The van der Waals surface area contributed by atoms with Crippen molar-refractivity contribution in [3.8, 4) is 0 Å². The third kappa shape index (κ3) is 2.43. The van der Waals surface area contributed by atoms with Gasteiger partial charge in [-0.05, 0) is 17.4 Å². The second kappa shape index (κ2) is 4.75. The van der Waals surface area contributed by atoms with Gasteiger partial charge in [0.05, 0.1) is 11.3 Å². The summed E-state index contributed by atoms with van der Waals surface area (Å²) in [5.74, 6) is 0. The number of nitrogens with zero attached hydrogens (tertiary/aromatic N) is 4. The van der Waals surface area contributed by atoms with E-state index in [0.29, 0.717) is 12.4 Å². The predicted molar refractivity (Wildman–Crippen MR) is 64.0 cm³/mol. The summed E-state index contributed by atoms with van der Waals surface area (Å²) < 4.78 is 38.6. The lowest BCUT2D eigenvalue weighted by atomic mass is 10.1. The highest BCUT2D eigenvalue weighted by atomic mass is 79.9. The molecule has 0 atom stereocenters. The second-order valence-electron chi connectivity index (χ2n) is 3.81. The minimum atomic E-state index is -4.37. The third-order valence-corrected chi connectivity index (χ3v) is 3.07. The molecule has 0 fully saturated rings. The van der Waals surface area contributed by atoms with Gasteiger partial charge in [0.15, 0.2) is 0 Å². The SMILES string of the molecule is CN1CN(c2cccc(C(F)(F)F)c2CBr)N=N1. The Bertz CT molecular complexity index is 475. The molecule has 2 rings (SSSR count). The monoisotopic (exact) mass is 322 g/mol. The van der Waals surface area contributed by atoms with Crippen molar-refractivity contribution in [2.45, 2.75) is 11.5 Å². The lowest BCUT2D eigenvalue weighted by Gasteiger charge is -2.20. The average Bonchev–Trinajstić information content (AvgIpc) is 2.73. The first-order valence-electron chi connectivity index (χ1n) is 5.09. The van der Waals surface area contributed by atoms with E-state index in [-0.39, 0.29) is 10.9 Å². The summed E-state index contributed by atoms with van der Waals surface area (Å²) in [6.07, 6.45) is -4.37. The van der Waals surface area contributed by atoms with Crippen LogP contribution in [0.25, 0.3) is 0 Å².